The first-order chi connectivity index (χ1) is 10.3. The first-order valence-corrected chi connectivity index (χ1v) is 8.24. The lowest BCUT2D eigenvalue weighted by Crippen LogP contribution is -2.10. The number of aliphatic hydroxyl groups is 2. The summed E-state index contributed by atoms with van der Waals surface area (Å²) >= 11 is 7.13. The molecule has 6 heteroatoms. The van der Waals surface area contributed by atoms with Gasteiger partial charge in [-0.3, -0.25) is 0 Å². The number of halogens is 1. The Kier molecular flexibility index (Phi) is 5.45. The van der Waals surface area contributed by atoms with Crippen LogP contribution < -0.4 is 0 Å². The van der Waals surface area contributed by atoms with Crippen molar-refractivity contribution in [3.8, 4) is 0 Å². The van der Waals surface area contributed by atoms with Gasteiger partial charge in [0.1, 0.15) is 5.69 Å². The smallest absolute Gasteiger partial charge is 0.222 e. The quantitative estimate of drug-likeness (QED) is 0.505. The fourth-order valence-corrected chi connectivity index (χ4v) is 3.00. The summed E-state index contributed by atoms with van der Waals surface area (Å²) in [5, 5.41) is 18.7. The molecule has 4 nitrogen and oxygen atoms in total. The Morgan fingerprint density at radius 1 is 1.18 bits per heavy atom. The molecule has 0 unspecified atom stereocenters. The molecule has 118 valence electrons. The molecule has 1 aromatic heterocycles. The van der Waals surface area contributed by atoms with Crippen LogP contribution in [0.25, 0.3) is 0 Å². The lowest BCUT2D eigenvalue weighted by Gasteiger charge is -2.19. The molecule has 2 aromatic rings. The molecule has 0 fully saturated rings. The zero-order valence-corrected chi connectivity index (χ0v) is 14.3. The molecule has 1 aromatic carbocycles. The predicted octanol–water partition coefficient (Wildman–Crippen LogP) is 3.70. The summed E-state index contributed by atoms with van der Waals surface area (Å²) in [6.45, 7) is 6.53. The monoisotopic (exact) mass is 338 g/mol. The fraction of sp³-hybridized carbons (Fsp3) is 0.375. The number of hydrogen-bond acceptors (Lipinski definition) is 5. The van der Waals surface area contributed by atoms with Gasteiger partial charge >= 0.3 is 0 Å². The summed E-state index contributed by atoms with van der Waals surface area (Å²) in [6.07, 6.45) is -0.149. The van der Waals surface area contributed by atoms with Crippen LogP contribution in [0.2, 0.25) is 5.28 Å². The predicted molar refractivity (Wildman–Crippen MR) is 88.9 cm³/mol. The first kappa shape index (κ1) is 17.2. The van der Waals surface area contributed by atoms with Crippen molar-refractivity contribution in [3.05, 3.63) is 52.6 Å². The molecule has 0 bridgehead atoms. The Morgan fingerprint density at radius 3 is 2.36 bits per heavy atom. The number of hydrogen-bond donors (Lipinski definition) is 2. The van der Waals surface area contributed by atoms with E-state index in [-0.39, 0.29) is 16.4 Å². The summed E-state index contributed by atoms with van der Waals surface area (Å²) in [6, 6.07) is 8.41. The maximum atomic E-state index is 9.35. The van der Waals surface area contributed by atoms with Gasteiger partial charge in [0, 0.05) is 11.9 Å². The minimum absolute atomic E-state index is 0.00183. The van der Waals surface area contributed by atoms with Crippen LogP contribution in [0, 0.1) is 0 Å². The number of rotatable bonds is 4. The van der Waals surface area contributed by atoms with Crippen molar-refractivity contribution in [2.45, 2.75) is 43.1 Å². The van der Waals surface area contributed by atoms with Crippen LogP contribution in [0.4, 0.5) is 0 Å². The van der Waals surface area contributed by atoms with E-state index in [0.717, 1.165) is 5.56 Å². The van der Waals surface area contributed by atoms with E-state index in [1.807, 2.05) is 0 Å². The molecule has 1 heterocycles. The largest absolute Gasteiger partial charge is 0.363 e. The second kappa shape index (κ2) is 6.96. The normalized spacial score (nSPS) is 12.0. The number of aromatic nitrogens is 2. The Morgan fingerprint density at radius 2 is 1.82 bits per heavy atom. The van der Waals surface area contributed by atoms with Gasteiger partial charge in [-0.25, -0.2) is 9.97 Å². The van der Waals surface area contributed by atoms with Crippen LogP contribution in [0.1, 0.15) is 43.9 Å². The lowest BCUT2D eigenvalue weighted by molar-refractivity contribution is -0.0481. The van der Waals surface area contributed by atoms with Crippen LogP contribution in [-0.2, 0) is 11.2 Å². The molecule has 0 amide bonds. The highest BCUT2D eigenvalue weighted by Gasteiger charge is 2.15. The number of aliphatic hydroxyl groups excluding tert-OH is 1. The molecule has 0 saturated carbocycles. The zero-order chi connectivity index (χ0) is 16.3. The molecule has 0 aliphatic carbocycles. The van der Waals surface area contributed by atoms with Gasteiger partial charge in [0.25, 0.3) is 0 Å². The maximum absolute atomic E-state index is 9.35. The molecular formula is C16H19ClN2O2S. The van der Waals surface area contributed by atoms with Crippen molar-refractivity contribution in [1.29, 1.82) is 0 Å². The maximum Gasteiger partial charge on any atom is 0.222 e. The second-order valence-corrected chi connectivity index (χ2v) is 7.35. The minimum atomic E-state index is -1.66. The third-order valence-electron chi connectivity index (χ3n) is 3.21. The van der Waals surface area contributed by atoms with E-state index in [1.54, 1.807) is 0 Å². The van der Waals surface area contributed by atoms with Gasteiger partial charge in [0.05, 0.1) is 4.90 Å². The molecular weight excluding hydrogens is 320 g/mol. The van der Waals surface area contributed by atoms with Gasteiger partial charge in [-0.05, 0) is 28.1 Å². The summed E-state index contributed by atoms with van der Waals surface area (Å²) < 4.78 is 0. The zero-order valence-electron chi connectivity index (χ0n) is 12.7. The van der Waals surface area contributed by atoms with E-state index >= 15 is 0 Å². The summed E-state index contributed by atoms with van der Waals surface area (Å²) in [5.41, 5.74) is 2.69. The first-order valence-electron chi connectivity index (χ1n) is 6.88. The molecule has 2 rings (SSSR count). The topological polar surface area (TPSA) is 66.2 Å². The van der Waals surface area contributed by atoms with E-state index in [4.69, 9.17) is 11.6 Å². The highest BCUT2D eigenvalue weighted by Crippen LogP contribution is 2.29. The Hall–Kier alpha value is -1.14. The fourth-order valence-electron chi connectivity index (χ4n) is 1.92. The third-order valence-corrected chi connectivity index (χ3v) is 4.50. The highest BCUT2D eigenvalue weighted by molar-refractivity contribution is 7.98. The van der Waals surface area contributed by atoms with Crippen molar-refractivity contribution in [2.24, 2.45) is 0 Å². The van der Waals surface area contributed by atoms with E-state index in [9.17, 15) is 10.2 Å². The van der Waals surface area contributed by atoms with Crippen molar-refractivity contribution in [2.75, 3.05) is 0 Å². The Balaban J connectivity index is 2.10. The van der Waals surface area contributed by atoms with Gasteiger partial charge in [-0.2, -0.15) is 0 Å². The van der Waals surface area contributed by atoms with Crippen molar-refractivity contribution >= 4 is 23.4 Å². The van der Waals surface area contributed by atoms with Crippen LogP contribution in [0.5, 0.6) is 0 Å². The van der Waals surface area contributed by atoms with Crippen molar-refractivity contribution in [1.82, 2.24) is 9.97 Å². The summed E-state index contributed by atoms with van der Waals surface area (Å²) in [5.74, 6) is 0.690. The molecule has 0 atom stereocenters. The van der Waals surface area contributed by atoms with Crippen LogP contribution in [-0.4, -0.2) is 20.2 Å². The van der Waals surface area contributed by atoms with E-state index in [1.165, 1.54) is 23.5 Å². The van der Waals surface area contributed by atoms with E-state index < -0.39 is 6.29 Å². The van der Waals surface area contributed by atoms with Crippen LogP contribution in [0.15, 0.2) is 35.4 Å². The Bertz CT molecular complexity index is 640. The summed E-state index contributed by atoms with van der Waals surface area (Å²) in [7, 11) is 0. The Labute approximate surface area is 139 Å². The molecule has 0 aliphatic rings. The van der Waals surface area contributed by atoms with Crippen LogP contribution in [0.3, 0.4) is 0 Å². The lowest BCUT2D eigenvalue weighted by atomic mass is 9.87. The van der Waals surface area contributed by atoms with Crippen LogP contribution >= 0.6 is 23.4 Å². The van der Waals surface area contributed by atoms with Gasteiger partial charge in [0.15, 0.2) is 6.29 Å². The van der Waals surface area contributed by atoms with Gasteiger partial charge in [0.2, 0.25) is 5.28 Å². The average molecular weight is 339 g/mol. The standard InChI is InChI=1S/C16H19ClN2O2S/c1-16(2,3)11-6-4-10(5-7-11)9-22-12-8-18-15(17)19-13(12)14(20)21/h4-8,14,20-21H,9H2,1-3H3. The third kappa shape index (κ3) is 4.43. The minimum Gasteiger partial charge on any atom is -0.363 e. The molecule has 0 spiro atoms. The van der Waals surface area contributed by atoms with Gasteiger partial charge < -0.3 is 10.2 Å². The molecule has 0 radical (unpaired) electrons. The number of thioether (sulfide) groups is 1. The molecule has 0 aliphatic heterocycles. The molecule has 0 saturated heterocycles. The average Bonchev–Trinajstić information content (AvgIpc) is 2.45. The number of benzene rings is 1. The van der Waals surface area contributed by atoms with Crippen molar-refractivity contribution < 1.29 is 10.2 Å². The van der Waals surface area contributed by atoms with Gasteiger partial charge in [-0.15, -0.1) is 11.8 Å². The van der Waals surface area contributed by atoms with E-state index in [2.05, 4.69) is 55.0 Å². The number of nitrogens with zero attached hydrogens (tertiary/aromatic N) is 2. The summed E-state index contributed by atoms with van der Waals surface area (Å²) in [4.78, 5) is 8.37. The van der Waals surface area contributed by atoms with E-state index in [0.29, 0.717) is 10.6 Å². The SMILES string of the molecule is CC(C)(C)c1ccc(CSc2cnc(Cl)nc2C(O)O)cc1. The molecule has 2 N–H and O–H groups in total. The highest BCUT2D eigenvalue weighted by atomic mass is 35.5. The second-order valence-electron chi connectivity index (χ2n) is 6.00. The van der Waals surface area contributed by atoms with Gasteiger partial charge in [-0.1, -0.05) is 45.0 Å². The molecule has 22 heavy (non-hydrogen) atoms. The van der Waals surface area contributed by atoms with Crippen molar-refractivity contribution in [3.63, 3.8) is 0 Å².